The van der Waals surface area contributed by atoms with Gasteiger partial charge in [-0.05, 0) is 31.6 Å². The zero-order valence-electron chi connectivity index (χ0n) is 11.8. The highest BCUT2D eigenvalue weighted by Crippen LogP contribution is 2.27. The van der Waals surface area contributed by atoms with Gasteiger partial charge in [-0.15, -0.1) is 0 Å². The van der Waals surface area contributed by atoms with Gasteiger partial charge in [0.2, 0.25) is 0 Å². The van der Waals surface area contributed by atoms with Crippen molar-refractivity contribution in [2.45, 2.75) is 70.0 Å². The Morgan fingerprint density at radius 2 is 1.94 bits per heavy atom. The van der Waals surface area contributed by atoms with E-state index in [1.165, 1.54) is 32.1 Å². The Balaban J connectivity index is 1.70. The van der Waals surface area contributed by atoms with Gasteiger partial charge in [0, 0.05) is 19.7 Å². The van der Waals surface area contributed by atoms with Crippen LogP contribution in [0, 0.1) is 5.92 Å². The van der Waals surface area contributed by atoms with E-state index < -0.39 is 5.60 Å². The van der Waals surface area contributed by atoms with Crippen molar-refractivity contribution in [2.75, 3.05) is 19.7 Å². The van der Waals surface area contributed by atoms with E-state index in [1.54, 1.807) is 0 Å². The van der Waals surface area contributed by atoms with Gasteiger partial charge in [-0.25, -0.2) is 0 Å². The molecule has 0 aromatic rings. The van der Waals surface area contributed by atoms with Gasteiger partial charge in [-0.1, -0.05) is 32.6 Å². The molecule has 2 aliphatic rings. The molecule has 0 bridgehead atoms. The number of aliphatic hydroxyl groups is 1. The zero-order valence-corrected chi connectivity index (χ0v) is 11.8. The van der Waals surface area contributed by atoms with Crippen LogP contribution in [0.1, 0.15) is 58.3 Å². The summed E-state index contributed by atoms with van der Waals surface area (Å²) in [7, 11) is 0. The maximum atomic E-state index is 10.6. The highest BCUT2D eigenvalue weighted by Gasteiger charge is 2.30. The molecule has 106 valence electrons. The first-order valence-corrected chi connectivity index (χ1v) is 7.78. The summed E-state index contributed by atoms with van der Waals surface area (Å²) in [4.78, 5) is 0. The maximum absolute atomic E-state index is 10.6. The standard InChI is InChI=1S/C15H29NO2/c1-2-14-13(7-10-18-14)11-16-12-15(17)8-5-3-4-6-9-15/h13-14,16-17H,2-12H2,1H3. The Labute approximate surface area is 111 Å². The Hall–Kier alpha value is -0.120. The summed E-state index contributed by atoms with van der Waals surface area (Å²) in [5.41, 5.74) is -0.447. The van der Waals surface area contributed by atoms with Gasteiger partial charge in [-0.2, -0.15) is 0 Å². The quantitative estimate of drug-likeness (QED) is 0.742. The smallest absolute Gasteiger partial charge is 0.0771 e. The Bertz CT molecular complexity index is 237. The van der Waals surface area contributed by atoms with E-state index in [2.05, 4.69) is 12.2 Å². The third-order valence-corrected chi connectivity index (χ3v) is 4.64. The minimum atomic E-state index is -0.447. The fraction of sp³-hybridized carbons (Fsp3) is 1.00. The first-order valence-electron chi connectivity index (χ1n) is 7.78. The first-order chi connectivity index (χ1) is 8.73. The van der Waals surface area contributed by atoms with Crippen LogP contribution in [0.15, 0.2) is 0 Å². The minimum Gasteiger partial charge on any atom is -0.389 e. The average molecular weight is 255 g/mol. The second-order valence-corrected chi connectivity index (χ2v) is 6.14. The molecule has 0 aromatic heterocycles. The van der Waals surface area contributed by atoms with E-state index in [9.17, 15) is 5.11 Å². The number of hydrogen-bond donors (Lipinski definition) is 2. The van der Waals surface area contributed by atoms with Crippen molar-refractivity contribution >= 4 is 0 Å². The molecule has 3 heteroatoms. The molecule has 0 amide bonds. The average Bonchev–Trinajstić information content (AvgIpc) is 2.70. The molecule has 3 nitrogen and oxygen atoms in total. The molecular weight excluding hydrogens is 226 g/mol. The van der Waals surface area contributed by atoms with Crippen LogP contribution in [0.5, 0.6) is 0 Å². The van der Waals surface area contributed by atoms with Crippen LogP contribution in [0.3, 0.4) is 0 Å². The molecule has 1 aliphatic carbocycles. The highest BCUT2D eigenvalue weighted by molar-refractivity contribution is 4.85. The lowest BCUT2D eigenvalue weighted by Crippen LogP contribution is -2.42. The summed E-state index contributed by atoms with van der Waals surface area (Å²) in [6.45, 7) is 4.87. The van der Waals surface area contributed by atoms with E-state index in [1.807, 2.05) is 0 Å². The van der Waals surface area contributed by atoms with Crippen molar-refractivity contribution < 1.29 is 9.84 Å². The van der Waals surface area contributed by atoms with Crippen LogP contribution >= 0.6 is 0 Å². The molecule has 2 fully saturated rings. The normalized spacial score (nSPS) is 32.3. The summed E-state index contributed by atoms with van der Waals surface area (Å²) in [6.07, 6.45) is 9.59. The summed E-state index contributed by atoms with van der Waals surface area (Å²) in [5, 5.41) is 14.1. The summed E-state index contributed by atoms with van der Waals surface area (Å²) >= 11 is 0. The van der Waals surface area contributed by atoms with Gasteiger partial charge in [0.05, 0.1) is 11.7 Å². The molecule has 1 heterocycles. The van der Waals surface area contributed by atoms with Gasteiger partial charge < -0.3 is 15.2 Å². The second-order valence-electron chi connectivity index (χ2n) is 6.14. The number of rotatable bonds is 5. The van der Waals surface area contributed by atoms with Crippen LogP contribution in [-0.2, 0) is 4.74 Å². The molecule has 2 atom stereocenters. The molecule has 0 aromatic carbocycles. The first kappa shape index (κ1) is 14.3. The molecule has 2 unspecified atom stereocenters. The Kier molecular flexibility index (Phi) is 5.46. The molecule has 18 heavy (non-hydrogen) atoms. The van der Waals surface area contributed by atoms with E-state index >= 15 is 0 Å². The van der Waals surface area contributed by atoms with Crippen LogP contribution in [-0.4, -0.2) is 36.5 Å². The van der Waals surface area contributed by atoms with Crippen LogP contribution in [0.2, 0.25) is 0 Å². The Morgan fingerprint density at radius 3 is 2.61 bits per heavy atom. The number of hydrogen-bond acceptors (Lipinski definition) is 3. The fourth-order valence-corrected chi connectivity index (χ4v) is 3.43. The highest BCUT2D eigenvalue weighted by atomic mass is 16.5. The molecule has 1 saturated carbocycles. The van der Waals surface area contributed by atoms with E-state index in [0.717, 1.165) is 39.0 Å². The molecule has 2 N–H and O–H groups in total. The SMILES string of the molecule is CCC1OCCC1CNCC1(O)CCCCCC1. The van der Waals surface area contributed by atoms with E-state index in [-0.39, 0.29) is 0 Å². The Morgan fingerprint density at radius 1 is 1.22 bits per heavy atom. The van der Waals surface area contributed by atoms with E-state index in [4.69, 9.17) is 4.74 Å². The van der Waals surface area contributed by atoms with Gasteiger partial charge >= 0.3 is 0 Å². The topological polar surface area (TPSA) is 41.5 Å². The molecule has 2 rings (SSSR count). The third kappa shape index (κ3) is 3.94. The molecule has 0 spiro atoms. The molecule has 1 aliphatic heterocycles. The van der Waals surface area contributed by atoms with Crippen molar-refractivity contribution in [2.24, 2.45) is 5.92 Å². The van der Waals surface area contributed by atoms with E-state index in [0.29, 0.717) is 12.0 Å². The largest absolute Gasteiger partial charge is 0.389 e. The zero-order chi connectivity index (χ0) is 12.8. The molecule has 0 radical (unpaired) electrons. The monoisotopic (exact) mass is 255 g/mol. The van der Waals surface area contributed by atoms with Crippen LogP contribution in [0.25, 0.3) is 0 Å². The minimum absolute atomic E-state index is 0.432. The lowest BCUT2D eigenvalue weighted by atomic mass is 9.93. The second kappa shape index (κ2) is 6.88. The van der Waals surface area contributed by atoms with Crippen molar-refractivity contribution in [1.82, 2.24) is 5.32 Å². The predicted octanol–water partition coefficient (Wildman–Crippen LogP) is 2.48. The van der Waals surface area contributed by atoms with Crippen LogP contribution < -0.4 is 5.32 Å². The van der Waals surface area contributed by atoms with Gasteiger partial charge in [-0.3, -0.25) is 0 Å². The molecule has 1 saturated heterocycles. The van der Waals surface area contributed by atoms with Crippen molar-refractivity contribution in [1.29, 1.82) is 0 Å². The summed E-state index contributed by atoms with van der Waals surface area (Å²) < 4.78 is 5.70. The summed E-state index contributed by atoms with van der Waals surface area (Å²) in [6, 6.07) is 0. The predicted molar refractivity (Wildman–Crippen MR) is 73.7 cm³/mol. The van der Waals surface area contributed by atoms with Crippen LogP contribution in [0.4, 0.5) is 0 Å². The van der Waals surface area contributed by atoms with Gasteiger partial charge in [0.15, 0.2) is 0 Å². The van der Waals surface area contributed by atoms with Crippen molar-refractivity contribution in [3.05, 3.63) is 0 Å². The van der Waals surface area contributed by atoms with Crippen molar-refractivity contribution in [3.8, 4) is 0 Å². The van der Waals surface area contributed by atoms with Gasteiger partial charge in [0.1, 0.15) is 0 Å². The summed E-state index contributed by atoms with van der Waals surface area (Å²) in [5.74, 6) is 0.643. The lowest BCUT2D eigenvalue weighted by Gasteiger charge is -2.28. The molecular formula is C15H29NO2. The number of nitrogens with one attached hydrogen (secondary N) is 1. The van der Waals surface area contributed by atoms with Gasteiger partial charge in [0.25, 0.3) is 0 Å². The lowest BCUT2D eigenvalue weighted by molar-refractivity contribution is 0.0229. The fourth-order valence-electron chi connectivity index (χ4n) is 3.43. The number of ether oxygens (including phenoxy) is 1. The third-order valence-electron chi connectivity index (χ3n) is 4.64. The van der Waals surface area contributed by atoms with Crippen molar-refractivity contribution in [3.63, 3.8) is 0 Å². The maximum Gasteiger partial charge on any atom is 0.0771 e.